The summed E-state index contributed by atoms with van der Waals surface area (Å²) in [5.74, 6) is -0.889. The molecule has 0 unspecified atom stereocenters. The Morgan fingerprint density at radius 1 is 0.949 bits per heavy atom. The van der Waals surface area contributed by atoms with E-state index in [-0.39, 0.29) is 17.3 Å². The van der Waals surface area contributed by atoms with Gasteiger partial charge in [0.2, 0.25) is 11.8 Å². The lowest BCUT2D eigenvalue weighted by Crippen LogP contribution is -2.51. The Bertz CT molecular complexity index is 1430. The van der Waals surface area contributed by atoms with E-state index in [4.69, 9.17) is 23.2 Å². The number of sulfonamides is 1. The molecule has 7 nitrogen and oxygen atoms in total. The molecule has 3 aromatic rings. The summed E-state index contributed by atoms with van der Waals surface area (Å²) >= 11 is 12.4. The van der Waals surface area contributed by atoms with Crippen LogP contribution < -0.4 is 9.62 Å². The zero-order chi connectivity index (χ0) is 28.7. The smallest absolute Gasteiger partial charge is 0.264 e. The number of carbonyl (C=O) groups excluding carboxylic acids is 2. The number of nitrogens with zero attached hydrogens (tertiary/aromatic N) is 2. The highest BCUT2D eigenvalue weighted by Gasteiger charge is 2.32. The van der Waals surface area contributed by atoms with Crippen LogP contribution in [-0.2, 0) is 26.2 Å². The van der Waals surface area contributed by atoms with E-state index in [1.165, 1.54) is 29.2 Å². The molecule has 0 bridgehead atoms. The van der Waals surface area contributed by atoms with Crippen molar-refractivity contribution in [3.05, 3.63) is 93.5 Å². The Labute approximate surface area is 240 Å². The van der Waals surface area contributed by atoms with Crippen molar-refractivity contribution < 1.29 is 18.0 Å². The number of benzene rings is 3. The van der Waals surface area contributed by atoms with Crippen molar-refractivity contribution in [2.75, 3.05) is 17.4 Å². The van der Waals surface area contributed by atoms with Gasteiger partial charge in [-0.1, -0.05) is 54.4 Å². The molecule has 0 spiro atoms. The average Bonchev–Trinajstić information content (AvgIpc) is 2.91. The van der Waals surface area contributed by atoms with Crippen molar-refractivity contribution in [1.82, 2.24) is 10.2 Å². The maximum atomic E-state index is 13.9. The number of carbonyl (C=O) groups is 2. The molecule has 0 aliphatic heterocycles. The predicted octanol–water partition coefficient (Wildman–Crippen LogP) is 5.75. The number of rotatable bonds is 11. The summed E-state index contributed by atoms with van der Waals surface area (Å²) in [5.41, 5.74) is 2.83. The molecule has 39 heavy (non-hydrogen) atoms. The minimum atomic E-state index is -4.17. The molecular formula is C29H33Cl2N3O4S. The summed E-state index contributed by atoms with van der Waals surface area (Å²) in [6.45, 7) is 7.30. The molecule has 208 valence electrons. The third-order valence-corrected chi connectivity index (χ3v) is 8.88. The van der Waals surface area contributed by atoms with Crippen molar-refractivity contribution in [3.8, 4) is 0 Å². The average molecular weight is 591 g/mol. The fourth-order valence-corrected chi connectivity index (χ4v) is 5.66. The van der Waals surface area contributed by atoms with Crippen molar-refractivity contribution in [2.45, 2.75) is 51.6 Å². The van der Waals surface area contributed by atoms with Crippen LogP contribution in [0.25, 0.3) is 0 Å². The zero-order valence-corrected chi connectivity index (χ0v) is 24.8. The quantitative estimate of drug-likeness (QED) is 0.308. The van der Waals surface area contributed by atoms with Gasteiger partial charge in [-0.2, -0.15) is 0 Å². The van der Waals surface area contributed by atoms with Crippen LogP contribution in [0.1, 0.15) is 37.0 Å². The Kier molecular flexibility index (Phi) is 10.4. The van der Waals surface area contributed by atoms with Crippen LogP contribution in [0.4, 0.5) is 5.69 Å². The monoisotopic (exact) mass is 589 g/mol. The molecular weight excluding hydrogens is 557 g/mol. The molecule has 0 saturated carbocycles. The number of aryl methyl sites for hydroxylation is 2. The van der Waals surface area contributed by atoms with Crippen molar-refractivity contribution in [2.24, 2.45) is 0 Å². The van der Waals surface area contributed by atoms with E-state index in [0.29, 0.717) is 27.8 Å². The second-order valence-electron chi connectivity index (χ2n) is 9.31. The molecule has 0 aliphatic rings. The maximum Gasteiger partial charge on any atom is 0.264 e. The lowest BCUT2D eigenvalue weighted by atomic mass is 10.1. The largest absolute Gasteiger partial charge is 0.354 e. The molecule has 0 fully saturated rings. The van der Waals surface area contributed by atoms with Gasteiger partial charge in [-0.25, -0.2) is 8.42 Å². The maximum absolute atomic E-state index is 13.9. The fraction of sp³-hybridized carbons (Fsp3) is 0.310. The second kappa shape index (κ2) is 13.3. The van der Waals surface area contributed by atoms with Gasteiger partial charge in [0, 0.05) is 23.1 Å². The Hall–Kier alpha value is -3.07. The van der Waals surface area contributed by atoms with Crippen LogP contribution in [0.2, 0.25) is 10.0 Å². The number of halogens is 2. The third kappa shape index (κ3) is 7.53. The Balaban J connectivity index is 2.05. The van der Waals surface area contributed by atoms with Crippen molar-refractivity contribution in [1.29, 1.82) is 0 Å². The molecule has 1 N–H and O–H groups in total. The lowest BCUT2D eigenvalue weighted by molar-refractivity contribution is -0.139. The number of nitrogens with one attached hydrogen (secondary N) is 1. The number of hydrogen-bond donors (Lipinski definition) is 1. The lowest BCUT2D eigenvalue weighted by Gasteiger charge is -2.32. The van der Waals surface area contributed by atoms with Crippen LogP contribution in [0, 0.1) is 13.8 Å². The molecule has 0 aliphatic carbocycles. The van der Waals surface area contributed by atoms with Gasteiger partial charge in [-0.3, -0.25) is 13.9 Å². The predicted molar refractivity (Wildman–Crippen MR) is 157 cm³/mol. The first-order valence-corrected chi connectivity index (χ1v) is 14.8. The molecule has 0 aromatic heterocycles. The first-order chi connectivity index (χ1) is 18.4. The number of amides is 2. The molecule has 3 rings (SSSR count). The van der Waals surface area contributed by atoms with E-state index in [1.807, 2.05) is 26.8 Å². The normalized spacial score (nSPS) is 12.1. The van der Waals surface area contributed by atoms with Gasteiger partial charge in [0.25, 0.3) is 10.0 Å². The van der Waals surface area contributed by atoms with Gasteiger partial charge in [0.15, 0.2) is 0 Å². The topological polar surface area (TPSA) is 86.8 Å². The van der Waals surface area contributed by atoms with E-state index in [2.05, 4.69) is 5.32 Å². The van der Waals surface area contributed by atoms with Crippen molar-refractivity contribution >= 4 is 50.7 Å². The molecule has 3 aromatic carbocycles. The molecule has 2 amide bonds. The van der Waals surface area contributed by atoms with Crippen LogP contribution >= 0.6 is 23.2 Å². The minimum absolute atomic E-state index is 0.00989. The summed E-state index contributed by atoms with van der Waals surface area (Å²) in [7, 11) is -4.17. The van der Waals surface area contributed by atoms with Gasteiger partial charge in [0.05, 0.1) is 10.6 Å². The van der Waals surface area contributed by atoms with Crippen molar-refractivity contribution in [3.63, 3.8) is 0 Å². The Morgan fingerprint density at radius 3 is 2.23 bits per heavy atom. The summed E-state index contributed by atoms with van der Waals surface area (Å²) in [6.07, 6.45) is 0.733. The summed E-state index contributed by atoms with van der Waals surface area (Å²) < 4.78 is 28.8. The summed E-state index contributed by atoms with van der Waals surface area (Å²) in [4.78, 5) is 28.2. The van der Waals surface area contributed by atoms with Gasteiger partial charge >= 0.3 is 0 Å². The minimum Gasteiger partial charge on any atom is -0.354 e. The van der Waals surface area contributed by atoms with Crippen LogP contribution in [0.15, 0.2) is 71.6 Å². The van der Waals surface area contributed by atoms with Gasteiger partial charge in [-0.05, 0) is 86.3 Å². The van der Waals surface area contributed by atoms with E-state index in [1.54, 1.807) is 43.3 Å². The molecule has 0 radical (unpaired) electrons. The molecule has 10 heteroatoms. The standard InChI is InChI=1S/C29H33Cl2N3O4S/c1-5-16-32-29(36)22(4)33(18-23-8-6-7-9-27(23)31)28(35)19-34(25-13-10-20(2)21(3)17-25)39(37,38)26-14-11-24(30)12-15-26/h6-15,17,22H,5,16,18-19H2,1-4H3,(H,32,36)/t22-/m1/s1. The fourth-order valence-electron chi connectivity index (χ4n) is 3.93. The molecule has 1 atom stereocenters. The summed E-state index contributed by atoms with van der Waals surface area (Å²) in [5, 5.41) is 3.65. The van der Waals surface area contributed by atoms with Gasteiger partial charge in [-0.15, -0.1) is 0 Å². The number of anilines is 1. The molecule has 0 saturated heterocycles. The Morgan fingerprint density at radius 2 is 1.62 bits per heavy atom. The van der Waals surface area contributed by atoms with Gasteiger partial charge in [0.1, 0.15) is 12.6 Å². The van der Waals surface area contributed by atoms with Crippen LogP contribution in [0.3, 0.4) is 0 Å². The highest BCUT2D eigenvalue weighted by Crippen LogP contribution is 2.27. The SMILES string of the molecule is CCCNC(=O)[C@@H](C)N(Cc1ccccc1Cl)C(=O)CN(c1ccc(C)c(C)c1)S(=O)(=O)c1ccc(Cl)cc1. The highest BCUT2D eigenvalue weighted by molar-refractivity contribution is 7.92. The third-order valence-electron chi connectivity index (χ3n) is 6.47. The number of hydrogen-bond acceptors (Lipinski definition) is 4. The first-order valence-electron chi connectivity index (χ1n) is 12.6. The first kappa shape index (κ1) is 30.5. The second-order valence-corrected chi connectivity index (χ2v) is 12.0. The van der Waals surface area contributed by atoms with Crippen LogP contribution in [-0.4, -0.2) is 44.3 Å². The molecule has 0 heterocycles. The van der Waals surface area contributed by atoms with E-state index in [9.17, 15) is 18.0 Å². The highest BCUT2D eigenvalue weighted by atomic mass is 35.5. The van der Waals surface area contributed by atoms with E-state index >= 15 is 0 Å². The van der Waals surface area contributed by atoms with E-state index in [0.717, 1.165) is 21.9 Å². The van der Waals surface area contributed by atoms with Crippen LogP contribution in [0.5, 0.6) is 0 Å². The van der Waals surface area contributed by atoms with E-state index < -0.39 is 28.5 Å². The zero-order valence-electron chi connectivity index (χ0n) is 22.4. The summed E-state index contributed by atoms with van der Waals surface area (Å²) in [6, 6.07) is 17.1. The van der Waals surface area contributed by atoms with Gasteiger partial charge < -0.3 is 10.2 Å².